The fraction of sp³-hybridized carbons (Fsp3) is 1.00. The third kappa shape index (κ3) is 7.02. The molecule has 0 saturated carbocycles. The molecular formula is C14H31N3. The zero-order chi connectivity index (χ0) is 12.9. The molecule has 0 bridgehead atoms. The van der Waals surface area contributed by atoms with Crippen molar-refractivity contribution in [3.63, 3.8) is 0 Å². The SMILES string of the molecule is CN(CCCC(C)(C)N)CCC1CCN(C)C1. The molecule has 0 aromatic heterocycles. The van der Waals surface area contributed by atoms with Gasteiger partial charge in [-0.3, -0.25) is 0 Å². The molecule has 0 spiro atoms. The summed E-state index contributed by atoms with van der Waals surface area (Å²) in [5.74, 6) is 0.924. The topological polar surface area (TPSA) is 32.5 Å². The van der Waals surface area contributed by atoms with E-state index in [-0.39, 0.29) is 5.54 Å². The lowest BCUT2D eigenvalue weighted by molar-refractivity contribution is 0.282. The molecule has 0 aromatic rings. The monoisotopic (exact) mass is 241 g/mol. The average Bonchev–Trinajstić information content (AvgIpc) is 2.59. The van der Waals surface area contributed by atoms with Crippen LogP contribution in [0.5, 0.6) is 0 Å². The normalized spacial score (nSPS) is 22.6. The van der Waals surface area contributed by atoms with Crippen molar-refractivity contribution in [2.75, 3.05) is 40.3 Å². The highest BCUT2D eigenvalue weighted by molar-refractivity contribution is 4.75. The number of nitrogens with two attached hydrogens (primary N) is 1. The van der Waals surface area contributed by atoms with E-state index in [2.05, 4.69) is 37.7 Å². The van der Waals surface area contributed by atoms with Crippen molar-refractivity contribution in [2.45, 2.75) is 45.1 Å². The van der Waals surface area contributed by atoms with Crippen LogP contribution in [0.1, 0.15) is 39.5 Å². The Bertz CT molecular complexity index is 210. The summed E-state index contributed by atoms with van der Waals surface area (Å²) in [5, 5.41) is 0. The van der Waals surface area contributed by atoms with Gasteiger partial charge in [0.25, 0.3) is 0 Å². The van der Waals surface area contributed by atoms with Gasteiger partial charge in [0.1, 0.15) is 0 Å². The van der Waals surface area contributed by atoms with Gasteiger partial charge in [-0.15, -0.1) is 0 Å². The smallest absolute Gasteiger partial charge is 0.00975 e. The van der Waals surface area contributed by atoms with Crippen molar-refractivity contribution in [1.82, 2.24) is 9.80 Å². The van der Waals surface area contributed by atoms with Crippen LogP contribution >= 0.6 is 0 Å². The Labute approximate surface area is 107 Å². The molecule has 1 atom stereocenters. The Morgan fingerprint density at radius 3 is 2.59 bits per heavy atom. The van der Waals surface area contributed by atoms with E-state index in [0.29, 0.717) is 0 Å². The molecule has 17 heavy (non-hydrogen) atoms. The first-order chi connectivity index (χ1) is 7.87. The molecule has 1 saturated heterocycles. The van der Waals surface area contributed by atoms with Crippen molar-refractivity contribution in [1.29, 1.82) is 0 Å². The third-order valence-corrected chi connectivity index (χ3v) is 3.77. The molecule has 1 heterocycles. The van der Waals surface area contributed by atoms with Crippen LogP contribution in [0, 0.1) is 5.92 Å². The van der Waals surface area contributed by atoms with Gasteiger partial charge in [0.05, 0.1) is 0 Å². The molecule has 0 aromatic carbocycles. The zero-order valence-electron chi connectivity index (χ0n) is 12.2. The van der Waals surface area contributed by atoms with Crippen LogP contribution in [-0.2, 0) is 0 Å². The summed E-state index contributed by atoms with van der Waals surface area (Å²) in [6.07, 6.45) is 5.07. The van der Waals surface area contributed by atoms with Crippen LogP contribution < -0.4 is 5.73 Å². The summed E-state index contributed by atoms with van der Waals surface area (Å²) in [6, 6.07) is 0. The highest BCUT2D eigenvalue weighted by Crippen LogP contribution is 2.18. The molecule has 1 aliphatic rings. The second kappa shape index (κ2) is 6.72. The lowest BCUT2D eigenvalue weighted by Gasteiger charge is -2.22. The van der Waals surface area contributed by atoms with Crippen LogP contribution in [-0.4, -0.2) is 55.6 Å². The maximum atomic E-state index is 5.99. The predicted octanol–water partition coefficient (Wildman–Crippen LogP) is 1.78. The Balaban J connectivity index is 2.03. The minimum absolute atomic E-state index is 0.00496. The molecule has 2 N–H and O–H groups in total. The summed E-state index contributed by atoms with van der Waals surface area (Å²) in [7, 11) is 4.47. The third-order valence-electron chi connectivity index (χ3n) is 3.77. The molecule has 3 nitrogen and oxygen atoms in total. The van der Waals surface area contributed by atoms with E-state index in [1.165, 1.54) is 45.4 Å². The number of hydrogen-bond acceptors (Lipinski definition) is 3. The van der Waals surface area contributed by atoms with E-state index in [9.17, 15) is 0 Å². The summed E-state index contributed by atoms with van der Waals surface area (Å²) >= 11 is 0. The number of nitrogens with zero attached hydrogens (tertiary/aromatic N) is 2. The van der Waals surface area contributed by atoms with Crippen molar-refractivity contribution in [2.24, 2.45) is 11.7 Å². The highest BCUT2D eigenvalue weighted by atomic mass is 15.1. The maximum absolute atomic E-state index is 5.99. The second-order valence-corrected chi connectivity index (χ2v) is 6.60. The standard InChI is InChI=1S/C14H31N3/c1-14(2,15)8-5-9-16(3)10-6-13-7-11-17(4)12-13/h13H,5-12,15H2,1-4H3. The Morgan fingerprint density at radius 1 is 1.35 bits per heavy atom. The average molecular weight is 241 g/mol. The van der Waals surface area contributed by atoms with Gasteiger partial charge < -0.3 is 15.5 Å². The van der Waals surface area contributed by atoms with Gasteiger partial charge >= 0.3 is 0 Å². The van der Waals surface area contributed by atoms with Gasteiger partial charge in [0, 0.05) is 12.1 Å². The molecule has 0 aliphatic carbocycles. The summed E-state index contributed by atoms with van der Waals surface area (Å²) < 4.78 is 0. The lowest BCUT2D eigenvalue weighted by Crippen LogP contribution is -2.33. The maximum Gasteiger partial charge on any atom is 0.00975 e. The van der Waals surface area contributed by atoms with Gasteiger partial charge in [-0.25, -0.2) is 0 Å². The van der Waals surface area contributed by atoms with E-state index in [4.69, 9.17) is 5.73 Å². The predicted molar refractivity (Wildman–Crippen MR) is 75.2 cm³/mol. The van der Waals surface area contributed by atoms with Crippen molar-refractivity contribution < 1.29 is 0 Å². The quantitative estimate of drug-likeness (QED) is 0.737. The Kier molecular flexibility index (Phi) is 5.90. The number of likely N-dealkylation sites (tertiary alicyclic amines) is 1. The van der Waals surface area contributed by atoms with Gasteiger partial charge in [-0.05, 0) is 79.2 Å². The lowest BCUT2D eigenvalue weighted by atomic mass is 10.00. The van der Waals surface area contributed by atoms with Crippen LogP contribution in [0.15, 0.2) is 0 Å². The van der Waals surface area contributed by atoms with Crippen molar-refractivity contribution >= 4 is 0 Å². The van der Waals surface area contributed by atoms with E-state index in [0.717, 1.165) is 12.3 Å². The molecule has 1 unspecified atom stereocenters. The van der Waals surface area contributed by atoms with Crippen LogP contribution in [0.2, 0.25) is 0 Å². The molecule has 0 amide bonds. The molecular weight excluding hydrogens is 210 g/mol. The summed E-state index contributed by atoms with van der Waals surface area (Å²) in [4.78, 5) is 4.91. The van der Waals surface area contributed by atoms with Crippen LogP contribution in [0.25, 0.3) is 0 Å². The van der Waals surface area contributed by atoms with Crippen molar-refractivity contribution in [3.05, 3.63) is 0 Å². The fourth-order valence-electron chi connectivity index (χ4n) is 2.58. The van der Waals surface area contributed by atoms with Crippen LogP contribution in [0.3, 0.4) is 0 Å². The van der Waals surface area contributed by atoms with Gasteiger partial charge in [-0.1, -0.05) is 0 Å². The minimum atomic E-state index is -0.00496. The first-order valence-corrected chi connectivity index (χ1v) is 7.03. The fourth-order valence-corrected chi connectivity index (χ4v) is 2.58. The number of rotatable bonds is 7. The summed E-state index contributed by atoms with van der Waals surface area (Å²) in [6.45, 7) is 9.23. The first kappa shape index (κ1) is 14.9. The zero-order valence-corrected chi connectivity index (χ0v) is 12.2. The first-order valence-electron chi connectivity index (χ1n) is 7.03. The highest BCUT2D eigenvalue weighted by Gasteiger charge is 2.19. The minimum Gasteiger partial charge on any atom is -0.326 e. The number of hydrogen-bond donors (Lipinski definition) is 1. The van der Waals surface area contributed by atoms with Gasteiger partial charge in [-0.2, -0.15) is 0 Å². The van der Waals surface area contributed by atoms with E-state index < -0.39 is 0 Å². The largest absolute Gasteiger partial charge is 0.326 e. The summed E-state index contributed by atoms with van der Waals surface area (Å²) in [5.41, 5.74) is 5.98. The van der Waals surface area contributed by atoms with Crippen molar-refractivity contribution in [3.8, 4) is 0 Å². The molecule has 3 heteroatoms. The second-order valence-electron chi connectivity index (χ2n) is 6.60. The molecule has 0 radical (unpaired) electrons. The van der Waals surface area contributed by atoms with Gasteiger partial charge in [0.2, 0.25) is 0 Å². The molecule has 102 valence electrons. The van der Waals surface area contributed by atoms with E-state index in [1.807, 2.05) is 0 Å². The van der Waals surface area contributed by atoms with E-state index in [1.54, 1.807) is 0 Å². The van der Waals surface area contributed by atoms with Gasteiger partial charge in [0.15, 0.2) is 0 Å². The molecule has 1 aliphatic heterocycles. The van der Waals surface area contributed by atoms with E-state index >= 15 is 0 Å². The Hall–Kier alpha value is -0.120. The molecule has 1 rings (SSSR count). The Morgan fingerprint density at radius 2 is 2.06 bits per heavy atom. The van der Waals surface area contributed by atoms with Crippen LogP contribution in [0.4, 0.5) is 0 Å². The molecule has 1 fully saturated rings.